The van der Waals surface area contributed by atoms with Crippen molar-refractivity contribution in [2.75, 3.05) is 7.05 Å². The molecular weight excluding hydrogens is 330 g/mol. The number of hydrogen-bond donors (Lipinski definition) is 1. The first-order valence-corrected chi connectivity index (χ1v) is 9.17. The van der Waals surface area contributed by atoms with E-state index in [-0.39, 0.29) is 24.4 Å². The second kappa shape index (κ2) is 9.87. The molecule has 1 aromatic heterocycles. The number of Topliss-reactive ketones (excluding diaryl/α,β-unsaturated/α-hetero) is 2. The molecule has 2 aromatic rings. The van der Waals surface area contributed by atoms with E-state index in [9.17, 15) is 9.59 Å². The first-order valence-electron chi connectivity index (χ1n) is 8.29. The first kappa shape index (κ1) is 19.0. The van der Waals surface area contributed by atoms with Crippen molar-refractivity contribution in [2.45, 2.75) is 25.8 Å². The van der Waals surface area contributed by atoms with E-state index in [1.807, 2.05) is 54.9 Å². The Morgan fingerprint density at radius 2 is 2.00 bits per heavy atom. The third kappa shape index (κ3) is 5.62. The average molecular weight is 353 g/mol. The Balaban J connectivity index is 1.85. The van der Waals surface area contributed by atoms with Crippen LogP contribution in [0.3, 0.4) is 0 Å². The van der Waals surface area contributed by atoms with Gasteiger partial charge in [0.05, 0.1) is 0 Å². The van der Waals surface area contributed by atoms with E-state index in [0.717, 1.165) is 16.0 Å². The van der Waals surface area contributed by atoms with Gasteiger partial charge in [0, 0.05) is 36.2 Å². The fourth-order valence-corrected chi connectivity index (χ4v) is 3.38. The number of hydrogen-bond acceptors (Lipinski definition) is 4. The largest absolute Gasteiger partial charge is 0.316 e. The van der Waals surface area contributed by atoms with Crippen LogP contribution in [0.5, 0.6) is 0 Å². The highest BCUT2D eigenvalue weighted by molar-refractivity contribution is 7.11. The molecule has 1 N–H and O–H groups in total. The fourth-order valence-electron chi connectivity index (χ4n) is 2.56. The van der Waals surface area contributed by atoms with Crippen LogP contribution in [0.15, 0.2) is 48.4 Å². The van der Waals surface area contributed by atoms with Crippen LogP contribution in [-0.4, -0.2) is 18.6 Å². The average Bonchev–Trinajstić information content (AvgIpc) is 3.08. The number of carbonyl (C=O) groups excluding carboxylic acids is 2. The van der Waals surface area contributed by atoms with Crippen molar-refractivity contribution >= 4 is 35.1 Å². The molecule has 1 heterocycles. The number of carbonyl (C=O) groups is 2. The minimum absolute atomic E-state index is 0.0235. The Labute approximate surface area is 153 Å². The van der Waals surface area contributed by atoms with Crippen LogP contribution in [0.25, 0.3) is 12.2 Å². The van der Waals surface area contributed by atoms with Gasteiger partial charge in [-0.2, -0.15) is 0 Å². The first-order chi connectivity index (χ1) is 12.2. The Bertz CT molecular complexity index is 774. The lowest BCUT2D eigenvalue weighted by Crippen LogP contribution is -2.12. The quantitative estimate of drug-likeness (QED) is 0.627. The summed E-state index contributed by atoms with van der Waals surface area (Å²) >= 11 is 1.62. The molecule has 0 radical (unpaired) electrons. The SMILES string of the molecule is C=Cc1ccsc1/C=C\CC(=O)CCC(=O)c1ccccc1CNC. The summed E-state index contributed by atoms with van der Waals surface area (Å²) < 4.78 is 0. The predicted octanol–water partition coefficient (Wildman–Crippen LogP) is 4.75. The molecule has 0 aliphatic rings. The zero-order valence-corrected chi connectivity index (χ0v) is 15.3. The Kier molecular flexibility index (Phi) is 7.51. The molecule has 130 valence electrons. The Hall–Kier alpha value is -2.30. The van der Waals surface area contributed by atoms with Crippen molar-refractivity contribution in [1.82, 2.24) is 5.32 Å². The fraction of sp³-hybridized carbons (Fsp3) is 0.238. The maximum Gasteiger partial charge on any atom is 0.163 e. The second-order valence-corrected chi connectivity index (χ2v) is 6.65. The molecule has 2 rings (SSSR count). The maximum atomic E-state index is 12.4. The lowest BCUT2D eigenvalue weighted by Gasteiger charge is -2.07. The van der Waals surface area contributed by atoms with Crippen LogP contribution in [0.1, 0.15) is 45.6 Å². The summed E-state index contributed by atoms with van der Waals surface area (Å²) in [6, 6.07) is 9.54. The van der Waals surface area contributed by atoms with Gasteiger partial charge >= 0.3 is 0 Å². The van der Waals surface area contributed by atoms with Gasteiger partial charge in [0.2, 0.25) is 0 Å². The monoisotopic (exact) mass is 353 g/mol. The molecule has 0 amide bonds. The summed E-state index contributed by atoms with van der Waals surface area (Å²) in [6.07, 6.45) is 6.49. The van der Waals surface area contributed by atoms with Crippen molar-refractivity contribution < 1.29 is 9.59 Å². The number of rotatable bonds is 10. The van der Waals surface area contributed by atoms with Gasteiger partial charge in [0.15, 0.2) is 5.78 Å². The van der Waals surface area contributed by atoms with Gasteiger partial charge in [-0.15, -0.1) is 11.3 Å². The van der Waals surface area contributed by atoms with Crippen molar-refractivity contribution in [3.05, 3.63) is 69.9 Å². The molecule has 0 saturated heterocycles. The molecule has 3 nitrogen and oxygen atoms in total. The van der Waals surface area contributed by atoms with E-state index >= 15 is 0 Å². The Morgan fingerprint density at radius 3 is 2.76 bits per heavy atom. The zero-order valence-electron chi connectivity index (χ0n) is 14.5. The molecule has 0 atom stereocenters. The van der Waals surface area contributed by atoms with Gasteiger partial charge in [-0.1, -0.05) is 43.0 Å². The zero-order chi connectivity index (χ0) is 18.1. The van der Waals surface area contributed by atoms with Crippen LogP contribution in [-0.2, 0) is 11.3 Å². The van der Waals surface area contributed by atoms with Gasteiger partial charge in [-0.25, -0.2) is 0 Å². The number of allylic oxidation sites excluding steroid dienone is 1. The van der Waals surface area contributed by atoms with E-state index in [0.29, 0.717) is 18.5 Å². The van der Waals surface area contributed by atoms with Crippen molar-refractivity contribution in [2.24, 2.45) is 0 Å². The number of benzene rings is 1. The number of nitrogens with one attached hydrogen (secondary N) is 1. The van der Waals surface area contributed by atoms with Crippen molar-refractivity contribution in [1.29, 1.82) is 0 Å². The highest BCUT2D eigenvalue weighted by atomic mass is 32.1. The molecular formula is C21H23NO2S. The van der Waals surface area contributed by atoms with Crippen LogP contribution >= 0.6 is 11.3 Å². The van der Waals surface area contributed by atoms with E-state index < -0.39 is 0 Å². The normalized spacial score (nSPS) is 10.9. The van der Waals surface area contributed by atoms with Gasteiger partial charge < -0.3 is 5.32 Å². The van der Waals surface area contributed by atoms with Crippen LogP contribution in [0.2, 0.25) is 0 Å². The van der Waals surface area contributed by atoms with Crippen molar-refractivity contribution in [3.63, 3.8) is 0 Å². The summed E-state index contributed by atoms with van der Waals surface area (Å²) in [4.78, 5) is 25.5. The molecule has 0 unspecified atom stereocenters. The van der Waals surface area contributed by atoms with E-state index in [4.69, 9.17) is 0 Å². The predicted molar refractivity (Wildman–Crippen MR) is 106 cm³/mol. The second-order valence-electron chi connectivity index (χ2n) is 5.70. The summed E-state index contributed by atoms with van der Waals surface area (Å²) in [6.45, 7) is 4.41. The minimum Gasteiger partial charge on any atom is -0.316 e. The molecule has 25 heavy (non-hydrogen) atoms. The minimum atomic E-state index is 0.0235. The van der Waals surface area contributed by atoms with Crippen LogP contribution < -0.4 is 5.32 Å². The third-order valence-corrected chi connectivity index (χ3v) is 4.78. The summed E-state index contributed by atoms with van der Waals surface area (Å²) in [5.74, 6) is 0.0998. The van der Waals surface area contributed by atoms with Gasteiger partial charge in [-0.05, 0) is 35.7 Å². The third-order valence-electron chi connectivity index (χ3n) is 3.88. The lowest BCUT2D eigenvalue weighted by molar-refractivity contribution is -0.118. The summed E-state index contributed by atoms with van der Waals surface area (Å²) in [7, 11) is 1.85. The molecule has 0 fully saturated rings. The molecule has 4 heteroatoms. The van der Waals surface area contributed by atoms with E-state index in [1.54, 1.807) is 17.4 Å². The van der Waals surface area contributed by atoms with Gasteiger partial charge in [0.25, 0.3) is 0 Å². The van der Waals surface area contributed by atoms with Crippen LogP contribution in [0.4, 0.5) is 0 Å². The molecule has 0 saturated carbocycles. The smallest absolute Gasteiger partial charge is 0.163 e. The molecule has 1 aromatic carbocycles. The standard InChI is InChI=1S/C21H23NO2S/c1-3-16-13-14-25-21(16)10-6-8-18(23)11-12-20(24)19-9-5-4-7-17(19)15-22-2/h3-7,9-10,13-14,22H,1,8,11-12,15H2,2H3/b10-6-. The van der Waals surface area contributed by atoms with E-state index in [1.165, 1.54) is 0 Å². The highest BCUT2D eigenvalue weighted by Gasteiger charge is 2.12. The molecule has 0 bridgehead atoms. The van der Waals surface area contributed by atoms with Gasteiger partial charge in [-0.3, -0.25) is 9.59 Å². The number of thiophene rings is 1. The molecule has 0 aliphatic heterocycles. The van der Waals surface area contributed by atoms with Crippen LogP contribution in [0, 0.1) is 0 Å². The van der Waals surface area contributed by atoms with E-state index in [2.05, 4.69) is 11.9 Å². The summed E-state index contributed by atoms with van der Waals surface area (Å²) in [5.41, 5.74) is 2.75. The van der Waals surface area contributed by atoms with Crippen molar-refractivity contribution in [3.8, 4) is 0 Å². The lowest BCUT2D eigenvalue weighted by atomic mass is 9.99. The Morgan fingerprint density at radius 1 is 1.20 bits per heavy atom. The number of ketones is 2. The summed E-state index contributed by atoms with van der Waals surface area (Å²) in [5, 5.41) is 5.06. The van der Waals surface area contributed by atoms with Gasteiger partial charge in [0.1, 0.15) is 5.78 Å². The highest BCUT2D eigenvalue weighted by Crippen LogP contribution is 2.20. The molecule has 0 spiro atoms. The topological polar surface area (TPSA) is 46.2 Å². The molecule has 0 aliphatic carbocycles. The maximum absolute atomic E-state index is 12.4.